The largest absolute Gasteiger partial charge is 0.495 e. The van der Waals surface area contributed by atoms with Crippen molar-refractivity contribution < 1.29 is 17.9 Å². The first-order valence-electron chi connectivity index (χ1n) is 9.97. The number of halogens is 1. The molecule has 1 atom stereocenters. The van der Waals surface area contributed by atoms with Crippen LogP contribution in [0, 0.1) is 13.8 Å². The molecule has 32 heavy (non-hydrogen) atoms. The highest BCUT2D eigenvalue weighted by Gasteiger charge is 2.27. The average Bonchev–Trinajstić information content (AvgIpc) is 2.75. The lowest BCUT2D eigenvalue weighted by Gasteiger charge is -2.20. The number of carbonyl (C=O) groups is 1. The molecule has 0 aliphatic heterocycles. The molecular formula is C24H25ClN2O4S. The first-order valence-corrected chi connectivity index (χ1v) is 11.8. The van der Waals surface area contributed by atoms with Crippen LogP contribution in [-0.2, 0) is 21.2 Å². The van der Waals surface area contributed by atoms with Crippen molar-refractivity contribution in [1.82, 2.24) is 4.72 Å². The minimum absolute atomic E-state index is 0.0549. The molecule has 0 fully saturated rings. The van der Waals surface area contributed by atoms with Crippen LogP contribution in [0.25, 0.3) is 0 Å². The summed E-state index contributed by atoms with van der Waals surface area (Å²) in [5.41, 5.74) is 3.41. The van der Waals surface area contributed by atoms with Gasteiger partial charge in [0, 0.05) is 5.69 Å². The Morgan fingerprint density at radius 3 is 2.38 bits per heavy atom. The fraction of sp³-hybridized carbons (Fsp3) is 0.208. The van der Waals surface area contributed by atoms with Crippen LogP contribution in [-0.4, -0.2) is 27.5 Å². The van der Waals surface area contributed by atoms with Crippen LogP contribution in [0.5, 0.6) is 5.75 Å². The summed E-state index contributed by atoms with van der Waals surface area (Å²) in [6.45, 7) is 3.85. The van der Waals surface area contributed by atoms with Crippen LogP contribution in [0.15, 0.2) is 71.6 Å². The molecule has 1 amide bonds. The van der Waals surface area contributed by atoms with Gasteiger partial charge < -0.3 is 10.1 Å². The Bertz CT molecular complexity index is 1210. The maximum Gasteiger partial charge on any atom is 0.242 e. The maximum absolute atomic E-state index is 13.1. The van der Waals surface area contributed by atoms with Crippen LogP contribution >= 0.6 is 11.6 Å². The normalized spacial score (nSPS) is 12.2. The molecule has 0 saturated carbocycles. The van der Waals surface area contributed by atoms with Gasteiger partial charge in [-0.05, 0) is 55.7 Å². The third kappa shape index (κ3) is 5.88. The minimum atomic E-state index is -4.03. The van der Waals surface area contributed by atoms with Crippen LogP contribution in [0.2, 0.25) is 5.02 Å². The highest BCUT2D eigenvalue weighted by molar-refractivity contribution is 7.89. The molecule has 0 saturated heterocycles. The van der Waals surface area contributed by atoms with Gasteiger partial charge in [0.1, 0.15) is 11.8 Å². The Kier molecular flexibility index (Phi) is 7.56. The van der Waals surface area contributed by atoms with Crippen LogP contribution in [0.4, 0.5) is 5.69 Å². The maximum atomic E-state index is 13.1. The van der Waals surface area contributed by atoms with Gasteiger partial charge in [0.2, 0.25) is 15.9 Å². The van der Waals surface area contributed by atoms with Crippen molar-refractivity contribution >= 4 is 33.2 Å². The molecule has 8 heteroatoms. The minimum Gasteiger partial charge on any atom is -0.495 e. The van der Waals surface area contributed by atoms with E-state index in [0.29, 0.717) is 11.4 Å². The van der Waals surface area contributed by atoms with E-state index in [1.807, 2.05) is 56.3 Å². The van der Waals surface area contributed by atoms with Crippen LogP contribution in [0.3, 0.4) is 0 Å². The molecule has 0 aliphatic carbocycles. The van der Waals surface area contributed by atoms with Gasteiger partial charge in [0.25, 0.3) is 0 Å². The summed E-state index contributed by atoms with van der Waals surface area (Å²) in [6, 6.07) is 18.0. The Morgan fingerprint density at radius 1 is 1.03 bits per heavy atom. The van der Waals surface area contributed by atoms with E-state index in [1.54, 1.807) is 6.07 Å². The number of benzene rings is 3. The van der Waals surface area contributed by atoms with Crippen LogP contribution in [0.1, 0.15) is 16.7 Å². The third-order valence-corrected chi connectivity index (χ3v) is 6.73. The molecule has 2 N–H and O–H groups in total. The fourth-order valence-electron chi connectivity index (χ4n) is 3.28. The van der Waals surface area contributed by atoms with Gasteiger partial charge in [-0.1, -0.05) is 59.6 Å². The van der Waals surface area contributed by atoms with E-state index in [-0.39, 0.29) is 16.3 Å². The summed E-state index contributed by atoms with van der Waals surface area (Å²) in [7, 11) is -2.59. The molecule has 3 aromatic carbocycles. The SMILES string of the molecule is COc1ccc(S(=O)(=O)NC(Cc2ccccc2)C(=O)Nc2ccc(C)cc2C)cc1Cl. The van der Waals surface area contributed by atoms with Gasteiger partial charge >= 0.3 is 0 Å². The standard InChI is InChI=1S/C24H25ClN2O4S/c1-16-9-11-21(17(2)13-16)26-24(28)22(14-18-7-5-4-6-8-18)27-32(29,30)19-10-12-23(31-3)20(25)15-19/h4-13,15,22,27H,14H2,1-3H3,(H,26,28). The highest BCUT2D eigenvalue weighted by atomic mass is 35.5. The molecule has 1 unspecified atom stereocenters. The lowest BCUT2D eigenvalue weighted by molar-refractivity contribution is -0.117. The lowest BCUT2D eigenvalue weighted by atomic mass is 10.1. The molecule has 0 bridgehead atoms. The molecule has 168 valence electrons. The molecule has 0 heterocycles. The van der Waals surface area contributed by atoms with E-state index in [4.69, 9.17) is 16.3 Å². The highest BCUT2D eigenvalue weighted by Crippen LogP contribution is 2.27. The van der Waals surface area contributed by atoms with Crippen molar-refractivity contribution in [2.24, 2.45) is 0 Å². The third-order valence-electron chi connectivity index (χ3n) is 4.97. The summed E-state index contributed by atoms with van der Waals surface area (Å²) in [5.74, 6) is -0.0944. The van der Waals surface area contributed by atoms with E-state index in [0.717, 1.165) is 16.7 Å². The molecule has 0 radical (unpaired) electrons. The second-order valence-corrected chi connectivity index (χ2v) is 9.59. The van der Waals surface area contributed by atoms with Crippen molar-refractivity contribution in [3.05, 3.63) is 88.4 Å². The molecule has 3 aromatic rings. The number of hydrogen-bond donors (Lipinski definition) is 2. The van der Waals surface area contributed by atoms with Crippen molar-refractivity contribution in [3.8, 4) is 5.75 Å². The molecular weight excluding hydrogens is 448 g/mol. The Morgan fingerprint density at radius 2 is 1.75 bits per heavy atom. The molecule has 3 rings (SSSR count). The zero-order chi connectivity index (χ0) is 23.3. The van der Waals surface area contributed by atoms with Gasteiger partial charge in [0.05, 0.1) is 17.0 Å². The summed E-state index contributed by atoms with van der Waals surface area (Å²) < 4.78 is 33.7. The number of rotatable bonds is 8. The number of ether oxygens (including phenoxy) is 1. The number of amides is 1. The molecule has 0 aliphatic rings. The van der Waals surface area contributed by atoms with E-state index in [1.165, 1.54) is 25.3 Å². The first-order chi connectivity index (χ1) is 15.2. The second-order valence-electron chi connectivity index (χ2n) is 7.47. The van der Waals surface area contributed by atoms with Crippen molar-refractivity contribution in [1.29, 1.82) is 0 Å². The Labute approximate surface area is 193 Å². The number of nitrogens with one attached hydrogen (secondary N) is 2. The lowest BCUT2D eigenvalue weighted by Crippen LogP contribution is -2.45. The van der Waals surface area contributed by atoms with Crippen molar-refractivity contribution in [3.63, 3.8) is 0 Å². The van der Waals surface area contributed by atoms with Gasteiger partial charge in [-0.25, -0.2) is 8.42 Å². The number of methoxy groups -OCH3 is 1. The number of anilines is 1. The zero-order valence-corrected chi connectivity index (χ0v) is 19.6. The second kappa shape index (κ2) is 10.2. The number of carbonyl (C=O) groups excluding carboxylic acids is 1. The quantitative estimate of drug-likeness (QED) is 0.505. The summed E-state index contributed by atoms with van der Waals surface area (Å²) in [5, 5.41) is 3.01. The van der Waals surface area contributed by atoms with E-state index in [9.17, 15) is 13.2 Å². The summed E-state index contributed by atoms with van der Waals surface area (Å²) >= 11 is 6.11. The number of sulfonamides is 1. The van der Waals surface area contributed by atoms with Gasteiger partial charge in [-0.15, -0.1) is 0 Å². The van der Waals surface area contributed by atoms with Gasteiger partial charge in [-0.3, -0.25) is 4.79 Å². The molecule has 6 nitrogen and oxygen atoms in total. The van der Waals surface area contributed by atoms with Gasteiger partial charge in [-0.2, -0.15) is 4.72 Å². The zero-order valence-electron chi connectivity index (χ0n) is 18.1. The average molecular weight is 473 g/mol. The fourth-order valence-corrected chi connectivity index (χ4v) is 4.82. The monoisotopic (exact) mass is 472 g/mol. The van der Waals surface area contributed by atoms with E-state index < -0.39 is 22.0 Å². The number of aryl methyl sites for hydroxylation is 2. The number of hydrogen-bond acceptors (Lipinski definition) is 4. The van der Waals surface area contributed by atoms with E-state index >= 15 is 0 Å². The predicted molar refractivity (Wildman–Crippen MR) is 127 cm³/mol. The van der Waals surface area contributed by atoms with Crippen molar-refractivity contribution in [2.75, 3.05) is 12.4 Å². The van der Waals surface area contributed by atoms with Crippen molar-refractivity contribution in [2.45, 2.75) is 31.2 Å². The Balaban J connectivity index is 1.89. The smallest absolute Gasteiger partial charge is 0.242 e. The Hall–Kier alpha value is -2.87. The van der Waals surface area contributed by atoms with Crippen LogP contribution < -0.4 is 14.8 Å². The predicted octanol–water partition coefficient (Wildman–Crippen LogP) is 4.49. The van der Waals surface area contributed by atoms with Gasteiger partial charge in [0.15, 0.2) is 0 Å². The van der Waals surface area contributed by atoms with E-state index in [2.05, 4.69) is 10.0 Å². The molecule has 0 aromatic heterocycles. The topological polar surface area (TPSA) is 84.5 Å². The summed E-state index contributed by atoms with van der Waals surface area (Å²) in [6.07, 6.45) is 0.181. The molecule has 0 spiro atoms. The summed E-state index contributed by atoms with van der Waals surface area (Å²) in [4.78, 5) is 13.1. The first kappa shape index (κ1) is 23.8.